The molecule has 0 amide bonds. The largest absolute Gasteiger partial charge is 0.494 e. The number of fused-ring (bicyclic) bond motifs is 2. The fourth-order valence-electron chi connectivity index (χ4n) is 3.37. The Morgan fingerprint density at radius 1 is 1.24 bits per heavy atom. The second kappa shape index (κ2) is 8.02. The third-order valence-corrected chi connectivity index (χ3v) is 4.38. The SMILES string of the molecule is CCCOc1cccc(CN2CCC3CCC(C2)N3)c1.Cl. The molecule has 2 aliphatic rings. The summed E-state index contributed by atoms with van der Waals surface area (Å²) in [5.74, 6) is 1.01. The molecule has 1 aromatic rings. The summed E-state index contributed by atoms with van der Waals surface area (Å²) in [6.45, 7) is 6.41. The number of hydrogen-bond donors (Lipinski definition) is 1. The first-order chi connectivity index (χ1) is 9.83. The van der Waals surface area contributed by atoms with Gasteiger partial charge in [-0.25, -0.2) is 0 Å². The summed E-state index contributed by atoms with van der Waals surface area (Å²) in [5, 5.41) is 3.74. The van der Waals surface area contributed by atoms with Gasteiger partial charge in [0.1, 0.15) is 5.75 Å². The van der Waals surface area contributed by atoms with E-state index in [2.05, 4.69) is 41.4 Å². The molecule has 21 heavy (non-hydrogen) atoms. The van der Waals surface area contributed by atoms with Crippen LogP contribution < -0.4 is 10.1 Å². The van der Waals surface area contributed by atoms with E-state index in [-0.39, 0.29) is 12.4 Å². The molecule has 0 aromatic heterocycles. The Hall–Kier alpha value is -0.770. The predicted octanol–water partition coefficient (Wildman–Crippen LogP) is 3.22. The van der Waals surface area contributed by atoms with Crippen molar-refractivity contribution < 1.29 is 4.74 Å². The van der Waals surface area contributed by atoms with Gasteiger partial charge in [-0.3, -0.25) is 4.90 Å². The zero-order valence-corrected chi connectivity index (χ0v) is 13.7. The van der Waals surface area contributed by atoms with E-state index in [1.54, 1.807) is 0 Å². The number of rotatable bonds is 5. The zero-order chi connectivity index (χ0) is 13.8. The number of halogens is 1. The van der Waals surface area contributed by atoms with Gasteiger partial charge in [0.15, 0.2) is 0 Å². The van der Waals surface area contributed by atoms with Gasteiger partial charge in [0.2, 0.25) is 0 Å². The number of nitrogens with zero attached hydrogens (tertiary/aromatic N) is 1. The molecule has 2 saturated heterocycles. The van der Waals surface area contributed by atoms with Crippen molar-refractivity contribution in [1.29, 1.82) is 0 Å². The van der Waals surface area contributed by atoms with Crippen LogP contribution in [0.4, 0.5) is 0 Å². The maximum absolute atomic E-state index is 5.73. The summed E-state index contributed by atoms with van der Waals surface area (Å²) >= 11 is 0. The molecule has 3 rings (SSSR count). The lowest BCUT2D eigenvalue weighted by atomic mass is 10.1. The van der Waals surface area contributed by atoms with E-state index in [0.29, 0.717) is 6.04 Å². The summed E-state index contributed by atoms with van der Waals surface area (Å²) < 4.78 is 5.73. The van der Waals surface area contributed by atoms with Gasteiger partial charge < -0.3 is 10.1 Å². The van der Waals surface area contributed by atoms with Crippen LogP contribution in [0, 0.1) is 0 Å². The van der Waals surface area contributed by atoms with Crippen molar-refractivity contribution in [2.75, 3.05) is 19.7 Å². The van der Waals surface area contributed by atoms with Crippen molar-refractivity contribution >= 4 is 12.4 Å². The van der Waals surface area contributed by atoms with Crippen LogP contribution in [0.3, 0.4) is 0 Å². The molecule has 2 atom stereocenters. The normalized spacial score (nSPS) is 25.2. The highest BCUT2D eigenvalue weighted by molar-refractivity contribution is 5.85. The molecule has 2 unspecified atom stereocenters. The summed E-state index contributed by atoms with van der Waals surface area (Å²) in [6, 6.07) is 10.1. The molecular formula is C17H27ClN2O. The second-order valence-corrected chi connectivity index (χ2v) is 6.16. The molecule has 0 radical (unpaired) electrons. The van der Waals surface area contributed by atoms with E-state index < -0.39 is 0 Å². The van der Waals surface area contributed by atoms with E-state index in [1.807, 2.05) is 0 Å². The van der Waals surface area contributed by atoms with E-state index in [0.717, 1.165) is 31.4 Å². The van der Waals surface area contributed by atoms with Crippen LogP contribution >= 0.6 is 12.4 Å². The third kappa shape index (κ3) is 4.60. The Balaban J connectivity index is 0.00000161. The zero-order valence-electron chi connectivity index (χ0n) is 12.9. The quantitative estimate of drug-likeness (QED) is 0.903. The summed E-state index contributed by atoms with van der Waals surface area (Å²) in [6.07, 6.45) is 5.08. The maximum Gasteiger partial charge on any atom is 0.119 e. The summed E-state index contributed by atoms with van der Waals surface area (Å²) in [5.41, 5.74) is 1.37. The lowest BCUT2D eigenvalue weighted by molar-refractivity contribution is 0.250. The van der Waals surface area contributed by atoms with E-state index in [1.165, 1.54) is 37.9 Å². The van der Waals surface area contributed by atoms with Crippen LogP contribution in [0.25, 0.3) is 0 Å². The lowest BCUT2D eigenvalue weighted by Crippen LogP contribution is -2.34. The average Bonchev–Trinajstić information content (AvgIpc) is 2.80. The molecule has 2 fully saturated rings. The van der Waals surface area contributed by atoms with Crippen molar-refractivity contribution in [3.63, 3.8) is 0 Å². The minimum absolute atomic E-state index is 0. The average molecular weight is 311 g/mol. The van der Waals surface area contributed by atoms with Crippen molar-refractivity contribution in [3.8, 4) is 5.75 Å². The Labute approximate surface area is 134 Å². The molecule has 1 N–H and O–H groups in total. The first kappa shape index (κ1) is 16.6. The molecule has 2 bridgehead atoms. The molecule has 0 spiro atoms. The fourth-order valence-corrected chi connectivity index (χ4v) is 3.37. The molecule has 3 nitrogen and oxygen atoms in total. The summed E-state index contributed by atoms with van der Waals surface area (Å²) in [4.78, 5) is 2.59. The standard InChI is InChI=1S/C17H26N2O.ClH/c1-2-10-20-17-5-3-4-14(11-17)12-19-9-8-15-6-7-16(13-19)18-15;/h3-5,11,15-16,18H,2,6-10,12-13H2,1H3;1H. The minimum atomic E-state index is 0. The Bertz CT molecular complexity index is 441. The van der Waals surface area contributed by atoms with Gasteiger partial charge in [-0.05, 0) is 43.4 Å². The Kier molecular flexibility index (Phi) is 6.34. The second-order valence-electron chi connectivity index (χ2n) is 6.16. The van der Waals surface area contributed by atoms with Crippen molar-refractivity contribution in [2.45, 2.75) is 51.2 Å². The molecule has 0 saturated carbocycles. The minimum Gasteiger partial charge on any atom is -0.494 e. The number of ether oxygens (including phenoxy) is 1. The lowest BCUT2D eigenvalue weighted by Gasteiger charge is -2.24. The van der Waals surface area contributed by atoms with Gasteiger partial charge in [0.25, 0.3) is 0 Å². The monoisotopic (exact) mass is 310 g/mol. The number of hydrogen-bond acceptors (Lipinski definition) is 3. The third-order valence-electron chi connectivity index (χ3n) is 4.38. The van der Waals surface area contributed by atoms with Crippen molar-refractivity contribution in [3.05, 3.63) is 29.8 Å². The van der Waals surface area contributed by atoms with Gasteiger partial charge in [0.05, 0.1) is 6.61 Å². The smallest absolute Gasteiger partial charge is 0.119 e. The van der Waals surface area contributed by atoms with Crippen LogP contribution in [-0.4, -0.2) is 36.7 Å². The molecule has 0 aliphatic carbocycles. The first-order valence-corrected chi connectivity index (χ1v) is 8.03. The number of likely N-dealkylation sites (tertiary alicyclic amines) is 1. The van der Waals surface area contributed by atoms with Crippen LogP contribution in [0.5, 0.6) is 5.75 Å². The van der Waals surface area contributed by atoms with Crippen molar-refractivity contribution in [1.82, 2.24) is 10.2 Å². The number of benzene rings is 1. The topological polar surface area (TPSA) is 24.5 Å². The maximum atomic E-state index is 5.73. The first-order valence-electron chi connectivity index (χ1n) is 8.03. The molecule has 1 aromatic carbocycles. The highest BCUT2D eigenvalue weighted by Gasteiger charge is 2.28. The van der Waals surface area contributed by atoms with Crippen molar-refractivity contribution in [2.24, 2.45) is 0 Å². The molecule has 2 heterocycles. The van der Waals surface area contributed by atoms with Crippen LogP contribution in [0.15, 0.2) is 24.3 Å². The summed E-state index contributed by atoms with van der Waals surface area (Å²) in [7, 11) is 0. The van der Waals surface area contributed by atoms with E-state index in [4.69, 9.17) is 4.74 Å². The Morgan fingerprint density at radius 3 is 2.95 bits per heavy atom. The molecular weight excluding hydrogens is 284 g/mol. The predicted molar refractivity (Wildman–Crippen MR) is 89.3 cm³/mol. The molecule has 2 aliphatic heterocycles. The van der Waals surface area contributed by atoms with Crippen LogP contribution in [-0.2, 0) is 6.54 Å². The van der Waals surface area contributed by atoms with Gasteiger partial charge in [-0.2, -0.15) is 0 Å². The highest BCUT2D eigenvalue weighted by atomic mass is 35.5. The van der Waals surface area contributed by atoms with E-state index >= 15 is 0 Å². The van der Waals surface area contributed by atoms with Gasteiger partial charge >= 0.3 is 0 Å². The Morgan fingerprint density at radius 2 is 2.10 bits per heavy atom. The molecule has 4 heteroatoms. The molecule has 118 valence electrons. The van der Waals surface area contributed by atoms with Crippen LogP contribution in [0.1, 0.15) is 38.2 Å². The van der Waals surface area contributed by atoms with Gasteiger partial charge in [0, 0.05) is 31.7 Å². The van der Waals surface area contributed by atoms with Gasteiger partial charge in [-0.1, -0.05) is 19.1 Å². The van der Waals surface area contributed by atoms with Gasteiger partial charge in [-0.15, -0.1) is 12.4 Å². The number of nitrogens with one attached hydrogen (secondary N) is 1. The van der Waals surface area contributed by atoms with E-state index in [9.17, 15) is 0 Å². The fraction of sp³-hybridized carbons (Fsp3) is 0.647. The highest BCUT2D eigenvalue weighted by Crippen LogP contribution is 2.22. The van der Waals surface area contributed by atoms with Crippen LogP contribution in [0.2, 0.25) is 0 Å².